The first-order valence-electron chi connectivity index (χ1n) is 2.56. The molecular formula is C5H9FO3. The molecule has 3 nitrogen and oxygen atoms in total. The minimum atomic E-state index is -1.13. The molecule has 0 aromatic heterocycles. The van der Waals surface area contributed by atoms with E-state index in [1.807, 2.05) is 0 Å². The molecule has 0 fully saturated rings. The molecular weight excluding hydrogens is 127 g/mol. The number of ether oxygens (including phenoxy) is 2. The van der Waals surface area contributed by atoms with Crippen LogP contribution in [0.25, 0.3) is 0 Å². The first-order chi connectivity index (χ1) is 4.16. The summed E-state index contributed by atoms with van der Waals surface area (Å²) in [5.41, 5.74) is 0. The van der Waals surface area contributed by atoms with E-state index in [0.29, 0.717) is 0 Å². The zero-order valence-corrected chi connectivity index (χ0v) is 5.39. The van der Waals surface area contributed by atoms with Crippen LogP contribution in [0.2, 0.25) is 0 Å². The first-order valence-corrected chi connectivity index (χ1v) is 2.56. The van der Waals surface area contributed by atoms with Crippen molar-refractivity contribution in [2.75, 3.05) is 6.86 Å². The smallest absolute Gasteiger partial charge is 0.432 e. The van der Waals surface area contributed by atoms with Crippen LogP contribution in [0.5, 0.6) is 0 Å². The Labute approximate surface area is 52.8 Å². The van der Waals surface area contributed by atoms with Gasteiger partial charge in [0, 0.05) is 0 Å². The summed E-state index contributed by atoms with van der Waals surface area (Å²) < 4.78 is 19.4. The van der Waals surface area contributed by atoms with Gasteiger partial charge in [0.2, 0.25) is 6.86 Å². The van der Waals surface area contributed by atoms with Crippen molar-refractivity contribution in [1.29, 1.82) is 0 Å². The average Bonchev–Trinajstić information content (AvgIpc) is 1.63. The van der Waals surface area contributed by atoms with Gasteiger partial charge in [-0.1, -0.05) is 0 Å². The topological polar surface area (TPSA) is 35.5 Å². The molecule has 0 radical (unpaired) electrons. The van der Waals surface area contributed by atoms with Gasteiger partial charge in [0.1, 0.15) is 0 Å². The summed E-state index contributed by atoms with van der Waals surface area (Å²) in [7, 11) is 0. The van der Waals surface area contributed by atoms with Gasteiger partial charge in [0.05, 0.1) is 6.10 Å². The standard InChI is InChI=1S/C5H9FO3/c1-4(2)9-5(7)8-3-6/h4H,3H2,1-2H3. The molecule has 0 aromatic carbocycles. The maximum absolute atomic E-state index is 11.2. The lowest BCUT2D eigenvalue weighted by Gasteiger charge is -2.04. The Morgan fingerprint density at radius 3 is 2.56 bits per heavy atom. The van der Waals surface area contributed by atoms with E-state index in [-0.39, 0.29) is 6.10 Å². The second-order valence-corrected chi connectivity index (χ2v) is 1.67. The second-order valence-electron chi connectivity index (χ2n) is 1.67. The molecule has 0 N–H and O–H groups in total. The van der Waals surface area contributed by atoms with Crippen LogP contribution in [0, 0.1) is 0 Å². The van der Waals surface area contributed by atoms with E-state index in [1.54, 1.807) is 13.8 Å². The highest BCUT2D eigenvalue weighted by molar-refractivity contribution is 5.59. The summed E-state index contributed by atoms with van der Waals surface area (Å²) in [5.74, 6) is 0. The molecule has 0 heterocycles. The zero-order chi connectivity index (χ0) is 7.28. The molecule has 0 amide bonds. The van der Waals surface area contributed by atoms with E-state index in [1.165, 1.54) is 0 Å². The molecule has 0 aliphatic heterocycles. The van der Waals surface area contributed by atoms with Gasteiger partial charge in [-0.3, -0.25) is 0 Å². The van der Waals surface area contributed by atoms with Crippen LogP contribution < -0.4 is 0 Å². The summed E-state index contributed by atoms with van der Waals surface area (Å²) in [4.78, 5) is 10.2. The van der Waals surface area contributed by atoms with Gasteiger partial charge < -0.3 is 9.47 Å². The number of carbonyl (C=O) groups excluding carboxylic acids is 1. The molecule has 0 spiro atoms. The van der Waals surface area contributed by atoms with Crippen molar-refractivity contribution >= 4 is 6.16 Å². The number of rotatable bonds is 2. The number of alkyl halides is 1. The summed E-state index contributed by atoms with van der Waals surface area (Å²) in [5, 5.41) is 0. The van der Waals surface area contributed by atoms with Gasteiger partial charge in [-0.15, -0.1) is 0 Å². The third-order valence-electron chi connectivity index (χ3n) is 0.504. The number of hydrogen-bond acceptors (Lipinski definition) is 3. The Hall–Kier alpha value is -0.800. The van der Waals surface area contributed by atoms with Gasteiger partial charge in [-0.05, 0) is 13.8 Å². The highest BCUT2D eigenvalue weighted by atomic mass is 19.1. The zero-order valence-electron chi connectivity index (χ0n) is 5.39. The molecule has 0 atom stereocenters. The third kappa shape index (κ3) is 5.06. The normalized spacial score (nSPS) is 9.33. The Bertz CT molecular complexity index is 92.2. The third-order valence-corrected chi connectivity index (χ3v) is 0.504. The Kier molecular flexibility index (Phi) is 3.75. The summed E-state index contributed by atoms with van der Waals surface area (Å²) >= 11 is 0. The van der Waals surface area contributed by atoms with E-state index in [9.17, 15) is 9.18 Å². The summed E-state index contributed by atoms with van der Waals surface area (Å²) in [6.45, 7) is 2.17. The molecule has 0 aromatic rings. The van der Waals surface area contributed by atoms with Crippen molar-refractivity contribution in [3.63, 3.8) is 0 Å². The quantitative estimate of drug-likeness (QED) is 0.539. The van der Waals surface area contributed by atoms with Crippen molar-refractivity contribution < 1.29 is 18.7 Å². The Morgan fingerprint density at radius 2 is 2.22 bits per heavy atom. The van der Waals surface area contributed by atoms with Gasteiger partial charge in [-0.25, -0.2) is 9.18 Å². The van der Waals surface area contributed by atoms with Crippen LogP contribution in [-0.2, 0) is 9.47 Å². The van der Waals surface area contributed by atoms with Crippen molar-refractivity contribution in [1.82, 2.24) is 0 Å². The fourth-order valence-electron chi connectivity index (χ4n) is 0.271. The van der Waals surface area contributed by atoms with Crippen LogP contribution >= 0.6 is 0 Å². The fraction of sp³-hybridized carbons (Fsp3) is 0.800. The highest BCUT2D eigenvalue weighted by Gasteiger charge is 2.03. The molecule has 0 rings (SSSR count). The Morgan fingerprint density at radius 1 is 1.67 bits per heavy atom. The SMILES string of the molecule is CC(C)OC(=O)OCF. The number of carbonyl (C=O) groups is 1. The molecule has 0 aliphatic carbocycles. The molecule has 0 unspecified atom stereocenters. The van der Waals surface area contributed by atoms with E-state index in [0.717, 1.165) is 0 Å². The van der Waals surface area contributed by atoms with Crippen molar-refractivity contribution in [2.45, 2.75) is 20.0 Å². The average molecular weight is 136 g/mol. The van der Waals surface area contributed by atoms with Crippen LogP contribution in [0.3, 0.4) is 0 Å². The van der Waals surface area contributed by atoms with Crippen molar-refractivity contribution in [3.8, 4) is 0 Å². The summed E-state index contributed by atoms with van der Waals surface area (Å²) in [6, 6.07) is 0. The van der Waals surface area contributed by atoms with Crippen LogP contribution in [0.4, 0.5) is 9.18 Å². The second kappa shape index (κ2) is 4.12. The minimum Gasteiger partial charge on any atom is -0.432 e. The molecule has 0 aliphatic rings. The van der Waals surface area contributed by atoms with Gasteiger partial charge in [-0.2, -0.15) is 0 Å². The summed E-state index contributed by atoms with van der Waals surface area (Å²) in [6.07, 6.45) is -1.23. The maximum Gasteiger partial charge on any atom is 0.510 e. The monoisotopic (exact) mass is 136 g/mol. The lowest BCUT2D eigenvalue weighted by Crippen LogP contribution is -2.12. The lowest BCUT2D eigenvalue weighted by atomic mass is 10.5. The first kappa shape index (κ1) is 8.20. The lowest BCUT2D eigenvalue weighted by molar-refractivity contribution is 0.0106. The highest BCUT2D eigenvalue weighted by Crippen LogP contribution is 1.91. The van der Waals surface area contributed by atoms with Crippen LogP contribution in [-0.4, -0.2) is 19.1 Å². The van der Waals surface area contributed by atoms with E-state index in [2.05, 4.69) is 9.47 Å². The van der Waals surface area contributed by atoms with Gasteiger partial charge in [0.15, 0.2) is 0 Å². The van der Waals surface area contributed by atoms with Crippen LogP contribution in [0.1, 0.15) is 13.8 Å². The number of halogens is 1. The molecule has 0 bridgehead atoms. The van der Waals surface area contributed by atoms with Gasteiger partial charge in [0.25, 0.3) is 0 Å². The van der Waals surface area contributed by atoms with E-state index >= 15 is 0 Å². The minimum absolute atomic E-state index is 0.260. The molecule has 4 heteroatoms. The van der Waals surface area contributed by atoms with Crippen molar-refractivity contribution in [3.05, 3.63) is 0 Å². The van der Waals surface area contributed by atoms with Crippen molar-refractivity contribution in [2.24, 2.45) is 0 Å². The van der Waals surface area contributed by atoms with E-state index < -0.39 is 13.0 Å². The van der Waals surface area contributed by atoms with E-state index in [4.69, 9.17) is 0 Å². The number of hydrogen-bond donors (Lipinski definition) is 0. The predicted octanol–water partition coefficient (Wildman–Crippen LogP) is 1.47. The largest absolute Gasteiger partial charge is 0.510 e. The predicted molar refractivity (Wildman–Crippen MR) is 28.7 cm³/mol. The molecule has 0 saturated heterocycles. The molecule has 0 saturated carbocycles. The fourth-order valence-corrected chi connectivity index (χ4v) is 0.271. The van der Waals surface area contributed by atoms with Crippen LogP contribution in [0.15, 0.2) is 0 Å². The van der Waals surface area contributed by atoms with Gasteiger partial charge >= 0.3 is 6.16 Å². The molecule has 9 heavy (non-hydrogen) atoms. The maximum atomic E-state index is 11.2. The molecule has 54 valence electrons. The Balaban J connectivity index is 3.27.